The first kappa shape index (κ1) is 28.8. The Morgan fingerprint density at radius 3 is 1.90 bits per heavy atom. The molecular weight excluding hydrogens is 376 g/mol. The molecule has 0 radical (unpaired) electrons. The van der Waals surface area contributed by atoms with Gasteiger partial charge in [0, 0.05) is 12.9 Å². The van der Waals surface area contributed by atoms with Gasteiger partial charge < -0.3 is 15.0 Å². The summed E-state index contributed by atoms with van der Waals surface area (Å²) in [5, 5.41) is 18.9. The highest BCUT2D eigenvalue weighted by atomic mass is 16.4. The third-order valence-corrected chi connectivity index (χ3v) is 5.79. The van der Waals surface area contributed by atoms with E-state index in [1.807, 2.05) is 13.3 Å². The minimum absolute atomic E-state index is 0.315. The molecule has 5 nitrogen and oxygen atoms in total. The van der Waals surface area contributed by atoms with Crippen LogP contribution < -0.4 is 5.11 Å². The van der Waals surface area contributed by atoms with Crippen LogP contribution in [0.2, 0.25) is 0 Å². The number of carboxylic acids is 1. The molecule has 0 saturated carbocycles. The summed E-state index contributed by atoms with van der Waals surface area (Å²) in [5.41, 5.74) is 0. The van der Waals surface area contributed by atoms with E-state index in [2.05, 4.69) is 24.1 Å². The van der Waals surface area contributed by atoms with E-state index < -0.39 is 5.97 Å². The Hall–Kier alpha value is -1.20. The molecule has 0 amide bonds. The van der Waals surface area contributed by atoms with Crippen LogP contribution in [0.15, 0.2) is 17.1 Å². The molecule has 0 fully saturated rings. The standard InChI is InChI=1S/C23H45N2O.C2H4O2/c1-3-4-5-6-7-8-9-10-11-12-13-14-15-16-17-18-20-25(23(2)26)21-19-24-22-25;1-2(3)4/h10-11,22-23,26H,3-9,12-21H2,1-2H3;1H3,(H,3,4)/q+1;/p-1/b11-10-;. The summed E-state index contributed by atoms with van der Waals surface area (Å²) in [5.74, 6) is -1.08. The van der Waals surface area contributed by atoms with Crippen molar-refractivity contribution in [3.05, 3.63) is 12.2 Å². The maximum Gasteiger partial charge on any atom is 0.193 e. The number of carbonyl (C=O) groups is 1. The van der Waals surface area contributed by atoms with Gasteiger partial charge in [-0.3, -0.25) is 4.48 Å². The molecule has 176 valence electrons. The van der Waals surface area contributed by atoms with Crippen molar-refractivity contribution in [1.29, 1.82) is 0 Å². The third kappa shape index (κ3) is 16.6. The number of nitrogens with zero attached hydrogens (tertiary/aromatic N) is 2. The fourth-order valence-corrected chi connectivity index (χ4v) is 3.82. The Morgan fingerprint density at radius 1 is 1.00 bits per heavy atom. The summed E-state index contributed by atoms with van der Waals surface area (Å²) in [4.78, 5) is 13.2. The zero-order chi connectivity index (χ0) is 22.5. The van der Waals surface area contributed by atoms with Gasteiger partial charge in [0.2, 0.25) is 0 Å². The van der Waals surface area contributed by atoms with E-state index in [9.17, 15) is 5.11 Å². The Labute approximate surface area is 185 Å². The lowest BCUT2D eigenvalue weighted by Gasteiger charge is -2.33. The minimum atomic E-state index is -1.08. The molecule has 0 aromatic heterocycles. The SMILES string of the molecule is CC(=O)[O-].CCCCCCCC/C=C\CCCCCCCC[N+]1(C(C)O)C=NCC1. The summed E-state index contributed by atoms with van der Waals surface area (Å²) in [6.07, 6.45) is 25.2. The summed E-state index contributed by atoms with van der Waals surface area (Å²) in [6.45, 7) is 8.04. The van der Waals surface area contributed by atoms with Crippen LogP contribution in [0, 0.1) is 0 Å². The Bertz CT molecular complexity index is 459. The molecule has 30 heavy (non-hydrogen) atoms. The van der Waals surface area contributed by atoms with Gasteiger partial charge in [-0.05, 0) is 45.4 Å². The second-order valence-corrected chi connectivity index (χ2v) is 8.63. The van der Waals surface area contributed by atoms with Gasteiger partial charge in [0.15, 0.2) is 12.6 Å². The number of aliphatic hydroxyl groups is 1. The Morgan fingerprint density at radius 2 is 1.47 bits per heavy atom. The number of hydrogen-bond acceptors (Lipinski definition) is 4. The third-order valence-electron chi connectivity index (χ3n) is 5.79. The van der Waals surface area contributed by atoms with Gasteiger partial charge in [-0.25, -0.2) is 4.99 Å². The molecule has 0 aromatic carbocycles. The number of aliphatic imine (C=N–C) groups is 1. The minimum Gasteiger partial charge on any atom is -0.550 e. The first-order valence-corrected chi connectivity index (χ1v) is 12.3. The van der Waals surface area contributed by atoms with Crippen LogP contribution in [0.4, 0.5) is 0 Å². The van der Waals surface area contributed by atoms with Crippen LogP contribution in [0.5, 0.6) is 0 Å². The molecule has 1 aliphatic heterocycles. The van der Waals surface area contributed by atoms with Crippen molar-refractivity contribution in [3.63, 3.8) is 0 Å². The number of carbonyl (C=O) groups excluding carboxylic acids is 1. The highest BCUT2D eigenvalue weighted by Gasteiger charge is 2.33. The van der Waals surface area contributed by atoms with Crippen LogP contribution in [0.25, 0.3) is 0 Å². The van der Waals surface area contributed by atoms with E-state index in [1.54, 1.807) is 0 Å². The molecule has 1 aliphatic rings. The van der Waals surface area contributed by atoms with Crippen molar-refractivity contribution in [2.75, 3.05) is 19.6 Å². The first-order chi connectivity index (χ1) is 14.4. The van der Waals surface area contributed by atoms with Crippen LogP contribution in [-0.4, -0.2) is 47.8 Å². The van der Waals surface area contributed by atoms with E-state index >= 15 is 0 Å². The van der Waals surface area contributed by atoms with Crippen molar-refractivity contribution in [1.82, 2.24) is 0 Å². The largest absolute Gasteiger partial charge is 0.550 e. The first-order valence-electron chi connectivity index (χ1n) is 12.3. The molecule has 1 rings (SSSR count). The number of aliphatic carboxylic acids is 1. The molecule has 0 aromatic rings. The van der Waals surface area contributed by atoms with Crippen LogP contribution in [0.3, 0.4) is 0 Å². The van der Waals surface area contributed by atoms with Gasteiger partial charge in [-0.15, -0.1) is 0 Å². The van der Waals surface area contributed by atoms with E-state index in [1.165, 1.54) is 89.9 Å². The van der Waals surface area contributed by atoms with E-state index in [4.69, 9.17) is 9.90 Å². The van der Waals surface area contributed by atoms with Crippen LogP contribution in [0.1, 0.15) is 111 Å². The fourth-order valence-electron chi connectivity index (χ4n) is 3.82. The average Bonchev–Trinajstić information content (AvgIpc) is 3.17. The van der Waals surface area contributed by atoms with Crippen molar-refractivity contribution in [2.45, 2.75) is 117 Å². The average molecular weight is 425 g/mol. The molecule has 0 aliphatic carbocycles. The fraction of sp³-hybridized carbons (Fsp3) is 0.840. The summed E-state index contributed by atoms with van der Waals surface area (Å²) in [6, 6.07) is 0. The number of hydrogen-bond donors (Lipinski definition) is 1. The van der Waals surface area contributed by atoms with Crippen LogP contribution >= 0.6 is 0 Å². The molecular formula is C25H48N2O3. The summed E-state index contributed by atoms with van der Waals surface area (Å²) in [7, 11) is 0. The summed E-state index contributed by atoms with van der Waals surface area (Å²) >= 11 is 0. The molecule has 0 bridgehead atoms. The Kier molecular flexibility index (Phi) is 19.0. The van der Waals surface area contributed by atoms with Crippen molar-refractivity contribution < 1.29 is 19.5 Å². The number of unbranched alkanes of at least 4 members (excludes halogenated alkanes) is 12. The molecule has 1 N–H and O–H groups in total. The lowest BCUT2D eigenvalue weighted by atomic mass is 10.1. The van der Waals surface area contributed by atoms with Gasteiger partial charge in [0.25, 0.3) is 0 Å². The van der Waals surface area contributed by atoms with Crippen molar-refractivity contribution in [2.24, 2.45) is 4.99 Å². The van der Waals surface area contributed by atoms with E-state index in [-0.39, 0.29) is 6.23 Å². The zero-order valence-electron chi connectivity index (χ0n) is 20.0. The van der Waals surface area contributed by atoms with Gasteiger partial charge in [-0.2, -0.15) is 0 Å². The second kappa shape index (κ2) is 19.7. The normalized spacial score (nSPS) is 19.1. The number of carboxylic acid groups (broad SMARTS) is 1. The molecule has 2 unspecified atom stereocenters. The zero-order valence-corrected chi connectivity index (χ0v) is 20.0. The van der Waals surface area contributed by atoms with Crippen LogP contribution in [-0.2, 0) is 4.79 Å². The number of aliphatic hydroxyl groups excluding tert-OH is 1. The molecule has 0 spiro atoms. The second-order valence-electron chi connectivity index (χ2n) is 8.63. The maximum atomic E-state index is 10.0. The van der Waals surface area contributed by atoms with Gasteiger partial charge >= 0.3 is 0 Å². The Balaban J connectivity index is 0.00000192. The topological polar surface area (TPSA) is 72.7 Å². The molecule has 2 atom stereocenters. The van der Waals surface area contributed by atoms with E-state index in [0.717, 1.165) is 26.6 Å². The van der Waals surface area contributed by atoms with Gasteiger partial charge in [0.1, 0.15) is 6.54 Å². The van der Waals surface area contributed by atoms with Crippen molar-refractivity contribution in [3.8, 4) is 0 Å². The summed E-state index contributed by atoms with van der Waals surface area (Å²) < 4.78 is 0.684. The monoisotopic (exact) mass is 424 g/mol. The molecule has 5 heteroatoms. The predicted molar refractivity (Wildman–Crippen MR) is 125 cm³/mol. The lowest BCUT2D eigenvalue weighted by molar-refractivity contribution is -0.877. The van der Waals surface area contributed by atoms with Gasteiger partial charge in [-0.1, -0.05) is 70.4 Å². The molecule has 1 heterocycles. The van der Waals surface area contributed by atoms with Gasteiger partial charge in [0.05, 0.1) is 13.1 Å². The van der Waals surface area contributed by atoms with Crippen molar-refractivity contribution >= 4 is 12.3 Å². The number of quaternary nitrogens is 1. The quantitative estimate of drug-likeness (QED) is 0.203. The smallest absolute Gasteiger partial charge is 0.193 e. The number of allylic oxidation sites excluding steroid dienone is 2. The highest BCUT2D eigenvalue weighted by molar-refractivity contribution is 5.60. The van der Waals surface area contributed by atoms with E-state index in [0.29, 0.717) is 4.48 Å². The highest BCUT2D eigenvalue weighted by Crippen LogP contribution is 2.17. The number of rotatable bonds is 17. The maximum absolute atomic E-state index is 10.0. The predicted octanol–water partition coefficient (Wildman–Crippen LogP) is 4.98. The molecule has 0 saturated heterocycles. The lowest BCUT2D eigenvalue weighted by Crippen LogP contribution is -2.52.